The smallest absolute Gasteiger partial charge is 0.0849 e. The summed E-state index contributed by atoms with van der Waals surface area (Å²) in [5, 5.41) is 10.1. The summed E-state index contributed by atoms with van der Waals surface area (Å²) in [6.45, 7) is 6.84. The highest BCUT2D eigenvalue weighted by atomic mass is 32.1. The van der Waals surface area contributed by atoms with Crippen molar-refractivity contribution in [2.24, 2.45) is 0 Å². The molecule has 0 amide bonds. The molecule has 0 bridgehead atoms. The number of thiophene rings is 1. The van der Waals surface area contributed by atoms with E-state index >= 15 is 0 Å². The van der Waals surface area contributed by atoms with Gasteiger partial charge in [0.2, 0.25) is 0 Å². The van der Waals surface area contributed by atoms with Crippen LogP contribution in [-0.2, 0) is 17.6 Å². The highest BCUT2D eigenvalue weighted by Crippen LogP contribution is 2.20. The Hall–Kier alpha value is -0.380. The lowest BCUT2D eigenvalue weighted by molar-refractivity contribution is -0.0331. The van der Waals surface area contributed by atoms with Crippen molar-refractivity contribution in [2.45, 2.75) is 52.2 Å². The summed E-state index contributed by atoms with van der Waals surface area (Å²) in [6, 6.07) is 4.26. The Morgan fingerprint density at radius 3 is 2.44 bits per heavy atom. The number of rotatable bonds is 7. The molecule has 1 rings (SSSR count). The lowest BCUT2D eigenvalue weighted by Gasteiger charge is -2.20. The topological polar surface area (TPSA) is 29.5 Å². The third-order valence-electron chi connectivity index (χ3n) is 2.69. The highest BCUT2D eigenvalue weighted by molar-refractivity contribution is 7.11. The largest absolute Gasteiger partial charge is 0.390 e. The molecule has 16 heavy (non-hydrogen) atoms. The van der Waals surface area contributed by atoms with Crippen LogP contribution >= 0.6 is 11.3 Å². The Labute approximate surface area is 102 Å². The number of hydrogen-bond acceptors (Lipinski definition) is 3. The zero-order valence-electron chi connectivity index (χ0n) is 10.4. The molecule has 0 spiro atoms. The van der Waals surface area contributed by atoms with Gasteiger partial charge in [-0.2, -0.15) is 0 Å². The van der Waals surface area contributed by atoms with Gasteiger partial charge in [-0.1, -0.05) is 13.8 Å². The molecule has 2 unspecified atom stereocenters. The molecule has 3 heteroatoms. The fourth-order valence-corrected chi connectivity index (χ4v) is 2.78. The van der Waals surface area contributed by atoms with Crippen LogP contribution in [0.1, 0.15) is 36.9 Å². The standard InChI is InChI=1S/C13H22O2S/c1-4-10-7-8-11(16-10)9-12(14)13(5-2)15-6-3/h7-8,12-14H,4-6,9H2,1-3H3. The Bertz CT molecular complexity index is 296. The maximum atomic E-state index is 10.1. The van der Waals surface area contributed by atoms with Gasteiger partial charge in [-0.3, -0.25) is 0 Å². The first-order valence-electron chi connectivity index (χ1n) is 6.08. The summed E-state index contributed by atoms with van der Waals surface area (Å²) in [5.41, 5.74) is 0. The number of ether oxygens (including phenoxy) is 1. The van der Waals surface area contributed by atoms with Gasteiger partial charge in [0.05, 0.1) is 12.2 Å². The number of hydrogen-bond donors (Lipinski definition) is 1. The molecular weight excluding hydrogens is 220 g/mol. The molecule has 1 aromatic rings. The van der Waals surface area contributed by atoms with E-state index in [1.54, 1.807) is 11.3 Å². The molecular formula is C13H22O2S. The first-order valence-corrected chi connectivity index (χ1v) is 6.90. The van der Waals surface area contributed by atoms with E-state index in [1.807, 2.05) is 6.92 Å². The third kappa shape index (κ3) is 3.89. The van der Waals surface area contributed by atoms with Gasteiger partial charge in [0.15, 0.2) is 0 Å². The van der Waals surface area contributed by atoms with Gasteiger partial charge in [0.1, 0.15) is 0 Å². The van der Waals surface area contributed by atoms with Gasteiger partial charge in [-0.05, 0) is 31.9 Å². The first kappa shape index (κ1) is 13.7. The number of aliphatic hydroxyl groups is 1. The van der Waals surface area contributed by atoms with Crippen LogP contribution < -0.4 is 0 Å². The predicted octanol–water partition coefficient (Wildman–Crippen LogP) is 3.03. The molecule has 2 atom stereocenters. The summed E-state index contributed by atoms with van der Waals surface area (Å²) < 4.78 is 5.51. The normalized spacial score (nSPS) is 15.0. The second-order valence-electron chi connectivity index (χ2n) is 3.90. The molecule has 0 radical (unpaired) electrons. The molecule has 1 heterocycles. The van der Waals surface area contributed by atoms with Crippen molar-refractivity contribution in [3.05, 3.63) is 21.9 Å². The van der Waals surface area contributed by atoms with E-state index in [4.69, 9.17) is 4.74 Å². The quantitative estimate of drug-likeness (QED) is 0.796. The Kier molecular flexibility index (Phi) is 6.03. The highest BCUT2D eigenvalue weighted by Gasteiger charge is 2.18. The fourth-order valence-electron chi connectivity index (χ4n) is 1.77. The predicted molar refractivity (Wildman–Crippen MR) is 69.1 cm³/mol. The zero-order valence-corrected chi connectivity index (χ0v) is 11.2. The van der Waals surface area contributed by atoms with Crippen molar-refractivity contribution in [3.63, 3.8) is 0 Å². The van der Waals surface area contributed by atoms with E-state index in [2.05, 4.69) is 26.0 Å². The summed E-state index contributed by atoms with van der Waals surface area (Å²) in [4.78, 5) is 2.63. The van der Waals surface area contributed by atoms with Gasteiger partial charge in [0, 0.05) is 22.8 Å². The van der Waals surface area contributed by atoms with Crippen LogP contribution in [0.4, 0.5) is 0 Å². The Morgan fingerprint density at radius 1 is 1.25 bits per heavy atom. The minimum Gasteiger partial charge on any atom is -0.390 e. The lowest BCUT2D eigenvalue weighted by atomic mass is 10.1. The molecule has 92 valence electrons. The number of aliphatic hydroxyl groups excluding tert-OH is 1. The molecule has 0 aliphatic heterocycles. The molecule has 0 aromatic carbocycles. The van der Waals surface area contributed by atoms with Crippen molar-refractivity contribution >= 4 is 11.3 Å². The Morgan fingerprint density at radius 2 is 1.94 bits per heavy atom. The molecule has 1 N–H and O–H groups in total. The van der Waals surface area contributed by atoms with Gasteiger partial charge >= 0.3 is 0 Å². The van der Waals surface area contributed by atoms with E-state index in [0.29, 0.717) is 13.0 Å². The van der Waals surface area contributed by atoms with E-state index in [9.17, 15) is 5.11 Å². The SMILES string of the molecule is CCOC(CC)C(O)Cc1ccc(CC)s1. The molecule has 2 nitrogen and oxygen atoms in total. The minimum atomic E-state index is -0.381. The van der Waals surface area contributed by atoms with Crippen molar-refractivity contribution in [2.75, 3.05) is 6.61 Å². The van der Waals surface area contributed by atoms with Crippen molar-refractivity contribution in [3.8, 4) is 0 Å². The van der Waals surface area contributed by atoms with Crippen LogP contribution in [0.15, 0.2) is 12.1 Å². The molecule has 0 aliphatic rings. The van der Waals surface area contributed by atoms with Crippen LogP contribution in [0, 0.1) is 0 Å². The zero-order chi connectivity index (χ0) is 12.0. The van der Waals surface area contributed by atoms with Crippen LogP contribution in [0.2, 0.25) is 0 Å². The van der Waals surface area contributed by atoms with Crippen LogP contribution in [0.3, 0.4) is 0 Å². The maximum Gasteiger partial charge on any atom is 0.0849 e. The maximum absolute atomic E-state index is 10.1. The van der Waals surface area contributed by atoms with Crippen LogP contribution in [-0.4, -0.2) is 23.9 Å². The van der Waals surface area contributed by atoms with Crippen LogP contribution in [0.25, 0.3) is 0 Å². The summed E-state index contributed by atoms with van der Waals surface area (Å²) in [6.07, 6.45) is 2.23. The van der Waals surface area contributed by atoms with E-state index < -0.39 is 0 Å². The average molecular weight is 242 g/mol. The second-order valence-corrected chi connectivity index (χ2v) is 5.15. The summed E-state index contributed by atoms with van der Waals surface area (Å²) >= 11 is 1.79. The van der Waals surface area contributed by atoms with Crippen molar-refractivity contribution < 1.29 is 9.84 Å². The number of aryl methyl sites for hydroxylation is 1. The minimum absolute atomic E-state index is 0.0304. The van der Waals surface area contributed by atoms with Crippen molar-refractivity contribution in [1.29, 1.82) is 0 Å². The second kappa shape index (κ2) is 7.05. The molecule has 1 aromatic heterocycles. The van der Waals surface area contributed by atoms with E-state index in [0.717, 1.165) is 12.8 Å². The third-order valence-corrected chi connectivity index (χ3v) is 3.94. The molecule has 0 fully saturated rings. The molecule has 0 saturated carbocycles. The molecule has 0 aliphatic carbocycles. The monoisotopic (exact) mass is 242 g/mol. The Balaban J connectivity index is 2.51. The average Bonchev–Trinajstić information content (AvgIpc) is 2.73. The van der Waals surface area contributed by atoms with Crippen molar-refractivity contribution in [1.82, 2.24) is 0 Å². The van der Waals surface area contributed by atoms with E-state index in [1.165, 1.54) is 9.75 Å². The molecule has 0 saturated heterocycles. The summed E-state index contributed by atoms with van der Waals surface area (Å²) in [7, 11) is 0. The fraction of sp³-hybridized carbons (Fsp3) is 0.692. The van der Waals surface area contributed by atoms with Gasteiger partial charge in [0.25, 0.3) is 0 Å². The van der Waals surface area contributed by atoms with Crippen LogP contribution in [0.5, 0.6) is 0 Å². The van der Waals surface area contributed by atoms with Gasteiger partial charge in [-0.25, -0.2) is 0 Å². The first-order chi connectivity index (χ1) is 7.71. The summed E-state index contributed by atoms with van der Waals surface area (Å²) in [5.74, 6) is 0. The van der Waals surface area contributed by atoms with E-state index in [-0.39, 0.29) is 12.2 Å². The van der Waals surface area contributed by atoms with Gasteiger partial charge in [-0.15, -0.1) is 11.3 Å². The lowest BCUT2D eigenvalue weighted by Crippen LogP contribution is -2.30. The van der Waals surface area contributed by atoms with Gasteiger partial charge < -0.3 is 9.84 Å².